The smallest absolute Gasteiger partial charge is 0.323 e. The zero-order valence-electron chi connectivity index (χ0n) is 7.09. The molecule has 0 bridgehead atoms. The lowest BCUT2D eigenvalue weighted by molar-refractivity contribution is -0.139. The van der Waals surface area contributed by atoms with Gasteiger partial charge in [-0.1, -0.05) is 13.8 Å². The Hall–Kier alpha value is -0.570. The normalized spacial score (nSPS) is 24.3. The Morgan fingerprint density at radius 3 is 2.91 bits per heavy atom. The Morgan fingerprint density at radius 2 is 2.45 bits per heavy atom. The van der Waals surface area contributed by atoms with Crippen molar-refractivity contribution in [1.29, 1.82) is 0 Å². The quantitative estimate of drug-likeness (QED) is 0.608. The van der Waals surface area contributed by atoms with Crippen LogP contribution in [0.25, 0.3) is 0 Å². The van der Waals surface area contributed by atoms with Gasteiger partial charge in [0.1, 0.15) is 6.04 Å². The maximum absolute atomic E-state index is 10.9. The van der Waals surface area contributed by atoms with Crippen molar-refractivity contribution in [1.82, 2.24) is 5.32 Å². The van der Waals surface area contributed by atoms with Crippen molar-refractivity contribution >= 4 is 5.97 Å². The summed E-state index contributed by atoms with van der Waals surface area (Å²) in [7, 11) is 0. The average molecular weight is 157 g/mol. The van der Waals surface area contributed by atoms with E-state index in [4.69, 9.17) is 4.74 Å². The van der Waals surface area contributed by atoms with Crippen LogP contribution in [-0.2, 0) is 9.53 Å². The van der Waals surface area contributed by atoms with Gasteiger partial charge in [-0.05, 0) is 12.5 Å². The van der Waals surface area contributed by atoms with Crippen LogP contribution in [0.4, 0.5) is 0 Å². The van der Waals surface area contributed by atoms with Gasteiger partial charge in [-0.25, -0.2) is 0 Å². The molecule has 1 atom stereocenters. The van der Waals surface area contributed by atoms with Crippen LogP contribution in [0, 0.1) is 5.92 Å². The van der Waals surface area contributed by atoms with Crippen LogP contribution < -0.4 is 5.32 Å². The van der Waals surface area contributed by atoms with E-state index in [1.807, 2.05) is 0 Å². The number of cyclic esters (lactones) is 1. The molecular formula is C8H15NO2. The minimum Gasteiger partial charge on any atom is -0.464 e. The van der Waals surface area contributed by atoms with E-state index in [1.165, 1.54) is 0 Å². The molecule has 1 aliphatic rings. The summed E-state index contributed by atoms with van der Waals surface area (Å²) < 4.78 is 4.80. The third kappa shape index (κ3) is 2.50. The second kappa shape index (κ2) is 3.72. The van der Waals surface area contributed by atoms with Gasteiger partial charge < -0.3 is 10.1 Å². The lowest BCUT2D eigenvalue weighted by Gasteiger charge is -2.09. The molecule has 3 heteroatoms. The first-order valence-corrected chi connectivity index (χ1v) is 4.10. The van der Waals surface area contributed by atoms with Crippen molar-refractivity contribution in [2.24, 2.45) is 5.92 Å². The van der Waals surface area contributed by atoms with Crippen LogP contribution in [0.1, 0.15) is 20.3 Å². The molecule has 0 aromatic carbocycles. The number of carbonyl (C=O) groups excluding carboxylic acids is 1. The lowest BCUT2D eigenvalue weighted by Crippen LogP contribution is -2.35. The number of carbonyl (C=O) groups is 1. The largest absolute Gasteiger partial charge is 0.464 e. The predicted molar refractivity (Wildman–Crippen MR) is 42.2 cm³/mol. The van der Waals surface area contributed by atoms with Crippen molar-refractivity contribution in [3.63, 3.8) is 0 Å². The summed E-state index contributed by atoms with van der Waals surface area (Å²) in [5, 5.41) is 3.16. The average Bonchev–Trinajstić information content (AvgIpc) is 2.31. The summed E-state index contributed by atoms with van der Waals surface area (Å²) in [6.07, 6.45) is 0.825. The summed E-state index contributed by atoms with van der Waals surface area (Å²) >= 11 is 0. The first kappa shape index (κ1) is 8.53. The van der Waals surface area contributed by atoms with Crippen molar-refractivity contribution in [2.75, 3.05) is 13.2 Å². The van der Waals surface area contributed by atoms with Crippen molar-refractivity contribution in [3.05, 3.63) is 0 Å². The first-order valence-electron chi connectivity index (χ1n) is 4.10. The highest BCUT2D eigenvalue weighted by Crippen LogP contribution is 2.05. The van der Waals surface area contributed by atoms with Gasteiger partial charge in [0, 0.05) is 6.42 Å². The van der Waals surface area contributed by atoms with Gasteiger partial charge in [0.05, 0.1) is 6.61 Å². The molecule has 1 fully saturated rings. The lowest BCUT2D eigenvalue weighted by atomic mass is 10.2. The van der Waals surface area contributed by atoms with Crippen LogP contribution in [0.15, 0.2) is 0 Å². The maximum atomic E-state index is 10.9. The summed E-state index contributed by atoms with van der Waals surface area (Å²) in [5.74, 6) is 0.494. The van der Waals surface area contributed by atoms with E-state index in [2.05, 4.69) is 19.2 Å². The zero-order chi connectivity index (χ0) is 8.27. The fraction of sp³-hybridized carbons (Fsp3) is 0.875. The van der Waals surface area contributed by atoms with Gasteiger partial charge in [-0.2, -0.15) is 0 Å². The maximum Gasteiger partial charge on any atom is 0.323 e. The molecule has 0 aliphatic carbocycles. The second-order valence-electron chi connectivity index (χ2n) is 3.31. The number of ether oxygens (including phenoxy) is 1. The van der Waals surface area contributed by atoms with Gasteiger partial charge in [-0.3, -0.25) is 4.79 Å². The molecule has 0 saturated carbocycles. The van der Waals surface area contributed by atoms with E-state index in [-0.39, 0.29) is 12.0 Å². The molecule has 1 heterocycles. The molecule has 1 saturated heterocycles. The number of esters is 1. The number of hydrogen-bond acceptors (Lipinski definition) is 3. The molecule has 11 heavy (non-hydrogen) atoms. The van der Waals surface area contributed by atoms with Gasteiger partial charge in [0.15, 0.2) is 0 Å². The third-order valence-corrected chi connectivity index (χ3v) is 1.71. The van der Waals surface area contributed by atoms with Crippen LogP contribution in [0.5, 0.6) is 0 Å². The molecular weight excluding hydrogens is 142 g/mol. The summed E-state index contributed by atoms with van der Waals surface area (Å²) in [4.78, 5) is 10.9. The van der Waals surface area contributed by atoms with Gasteiger partial charge >= 0.3 is 5.97 Å². The fourth-order valence-corrected chi connectivity index (χ4v) is 1.06. The highest BCUT2D eigenvalue weighted by molar-refractivity contribution is 5.77. The van der Waals surface area contributed by atoms with Gasteiger partial charge in [0.25, 0.3) is 0 Å². The van der Waals surface area contributed by atoms with E-state index in [0.29, 0.717) is 12.5 Å². The van der Waals surface area contributed by atoms with Crippen molar-refractivity contribution < 1.29 is 9.53 Å². The zero-order valence-corrected chi connectivity index (χ0v) is 7.09. The Bertz CT molecular complexity index is 145. The second-order valence-corrected chi connectivity index (χ2v) is 3.31. The SMILES string of the molecule is CC(C)CNC1CCOC1=O. The number of rotatable bonds is 3. The molecule has 0 spiro atoms. The summed E-state index contributed by atoms with van der Waals surface area (Å²) in [5.41, 5.74) is 0. The minimum atomic E-state index is -0.0920. The monoisotopic (exact) mass is 157 g/mol. The highest BCUT2D eigenvalue weighted by atomic mass is 16.5. The van der Waals surface area contributed by atoms with Crippen molar-refractivity contribution in [2.45, 2.75) is 26.3 Å². The Labute approximate surface area is 67.1 Å². The van der Waals surface area contributed by atoms with E-state index < -0.39 is 0 Å². The Morgan fingerprint density at radius 1 is 1.73 bits per heavy atom. The summed E-state index contributed by atoms with van der Waals surface area (Å²) in [6, 6.07) is -0.0441. The Balaban J connectivity index is 2.20. The molecule has 0 radical (unpaired) electrons. The topological polar surface area (TPSA) is 38.3 Å². The summed E-state index contributed by atoms with van der Waals surface area (Å²) in [6.45, 7) is 5.70. The van der Waals surface area contributed by atoms with Crippen LogP contribution in [-0.4, -0.2) is 25.2 Å². The standard InChI is InChI=1S/C8H15NO2/c1-6(2)5-9-7-3-4-11-8(7)10/h6-7,9H,3-5H2,1-2H3. The fourth-order valence-electron chi connectivity index (χ4n) is 1.06. The van der Waals surface area contributed by atoms with Gasteiger partial charge in [-0.15, -0.1) is 0 Å². The number of hydrogen-bond donors (Lipinski definition) is 1. The molecule has 0 aromatic heterocycles. The molecule has 1 N–H and O–H groups in total. The van der Waals surface area contributed by atoms with E-state index in [1.54, 1.807) is 0 Å². The van der Waals surface area contributed by atoms with E-state index in [0.717, 1.165) is 13.0 Å². The Kier molecular flexibility index (Phi) is 2.88. The first-order chi connectivity index (χ1) is 5.20. The van der Waals surface area contributed by atoms with E-state index >= 15 is 0 Å². The molecule has 0 amide bonds. The van der Waals surface area contributed by atoms with Crippen LogP contribution in [0.3, 0.4) is 0 Å². The molecule has 1 aliphatic heterocycles. The highest BCUT2D eigenvalue weighted by Gasteiger charge is 2.25. The van der Waals surface area contributed by atoms with E-state index in [9.17, 15) is 4.79 Å². The third-order valence-electron chi connectivity index (χ3n) is 1.71. The molecule has 64 valence electrons. The molecule has 0 aromatic rings. The van der Waals surface area contributed by atoms with Crippen LogP contribution >= 0.6 is 0 Å². The molecule has 1 unspecified atom stereocenters. The van der Waals surface area contributed by atoms with Crippen LogP contribution in [0.2, 0.25) is 0 Å². The number of nitrogens with one attached hydrogen (secondary N) is 1. The van der Waals surface area contributed by atoms with Gasteiger partial charge in [0.2, 0.25) is 0 Å². The van der Waals surface area contributed by atoms with Crippen molar-refractivity contribution in [3.8, 4) is 0 Å². The molecule has 1 rings (SSSR count). The minimum absolute atomic E-state index is 0.0441. The molecule has 3 nitrogen and oxygen atoms in total. The predicted octanol–water partition coefficient (Wildman–Crippen LogP) is 0.547.